The van der Waals surface area contributed by atoms with Crippen LogP contribution in [0.4, 0.5) is 4.39 Å². The molecule has 0 spiro atoms. The number of carbonyl (C=O) groups excluding carboxylic acids is 1. The number of nitrogens with one attached hydrogen (secondary N) is 1. The van der Waals surface area contributed by atoms with E-state index in [2.05, 4.69) is 26.2 Å². The van der Waals surface area contributed by atoms with Crippen LogP contribution >= 0.6 is 27.3 Å². The second kappa shape index (κ2) is 5.58. The molecular weight excluding hydrogens is 319 g/mol. The van der Waals surface area contributed by atoms with E-state index in [1.54, 1.807) is 6.07 Å². The number of carbonyl (C=O) groups is 1. The monoisotopic (exact) mass is 328 g/mol. The largest absolute Gasteiger partial charge is 0.345 e. The minimum Gasteiger partial charge on any atom is -0.345 e. The lowest BCUT2D eigenvalue weighted by molar-refractivity contribution is 0.0946. The number of aryl methyl sites for hydroxylation is 1. The van der Waals surface area contributed by atoms with Crippen LogP contribution in [0.25, 0.3) is 0 Å². The highest BCUT2D eigenvalue weighted by Crippen LogP contribution is 2.16. The second-order valence-electron chi connectivity index (χ2n) is 3.69. The van der Waals surface area contributed by atoms with E-state index < -0.39 is 11.7 Å². The second-order valence-corrected chi connectivity index (χ2v) is 5.55. The van der Waals surface area contributed by atoms with Crippen molar-refractivity contribution in [2.75, 3.05) is 0 Å². The highest BCUT2D eigenvalue weighted by atomic mass is 79.9. The Kier molecular flexibility index (Phi) is 4.08. The van der Waals surface area contributed by atoms with E-state index in [-0.39, 0.29) is 5.56 Å². The van der Waals surface area contributed by atoms with Gasteiger partial charge < -0.3 is 5.32 Å². The molecular formula is C12H10BrFN2OS. The first-order valence-electron chi connectivity index (χ1n) is 5.20. The molecule has 0 radical (unpaired) electrons. The molecule has 1 heterocycles. The van der Waals surface area contributed by atoms with E-state index in [1.165, 1.54) is 23.5 Å². The number of amides is 1. The number of rotatable bonds is 3. The van der Waals surface area contributed by atoms with Crippen LogP contribution < -0.4 is 5.32 Å². The Labute approximate surface area is 116 Å². The molecule has 0 atom stereocenters. The van der Waals surface area contributed by atoms with Crippen molar-refractivity contribution in [3.05, 3.63) is 50.1 Å². The molecule has 0 fully saturated rings. The molecule has 2 aromatic rings. The molecule has 94 valence electrons. The first-order chi connectivity index (χ1) is 8.56. The predicted octanol–water partition coefficient (Wildman–Crippen LogP) is 3.28. The smallest absolute Gasteiger partial charge is 0.254 e. The Morgan fingerprint density at radius 3 is 3.00 bits per heavy atom. The number of nitrogens with zero attached hydrogens (tertiary/aromatic N) is 1. The van der Waals surface area contributed by atoms with Crippen molar-refractivity contribution in [2.24, 2.45) is 0 Å². The minimum absolute atomic E-state index is 0.0256. The Hall–Kier alpha value is -1.27. The van der Waals surface area contributed by atoms with E-state index in [4.69, 9.17) is 0 Å². The van der Waals surface area contributed by atoms with Crippen LogP contribution in [0.1, 0.15) is 21.1 Å². The first kappa shape index (κ1) is 13.2. The van der Waals surface area contributed by atoms with E-state index in [1.807, 2.05) is 12.3 Å². The lowest BCUT2D eigenvalue weighted by Gasteiger charge is -2.04. The molecule has 1 N–H and O–H groups in total. The van der Waals surface area contributed by atoms with Crippen molar-refractivity contribution in [2.45, 2.75) is 13.5 Å². The number of hydrogen-bond donors (Lipinski definition) is 1. The highest BCUT2D eigenvalue weighted by molar-refractivity contribution is 9.10. The van der Waals surface area contributed by atoms with Crippen molar-refractivity contribution in [3.8, 4) is 0 Å². The molecule has 0 aliphatic carbocycles. The minimum atomic E-state index is -0.536. The number of hydrogen-bond acceptors (Lipinski definition) is 3. The van der Waals surface area contributed by atoms with Crippen LogP contribution in [0.2, 0.25) is 0 Å². The zero-order valence-electron chi connectivity index (χ0n) is 9.54. The third-order valence-corrected chi connectivity index (χ3v) is 3.70. The van der Waals surface area contributed by atoms with E-state index in [0.29, 0.717) is 11.0 Å². The Morgan fingerprint density at radius 1 is 1.56 bits per heavy atom. The summed E-state index contributed by atoms with van der Waals surface area (Å²) in [5.74, 6) is -0.979. The molecule has 6 heteroatoms. The molecule has 3 nitrogen and oxygen atoms in total. The molecule has 1 aromatic heterocycles. The Balaban J connectivity index is 2.05. The summed E-state index contributed by atoms with van der Waals surface area (Å²) in [6.45, 7) is 2.19. The van der Waals surface area contributed by atoms with Crippen LogP contribution in [-0.2, 0) is 6.54 Å². The van der Waals surface area contributed by atoms with Gasteiger partial charge in [0.25, 0.3) is 5.91 Å². The summed E-state index contributed by atoms with van der Waals surface area (Å²) in [5, 5.41) is 5.35. The molecule has 1 amide bonds. The maximum atomic E-state index is 13.5. The summed E-state index contributed by atoms with van der Waals surface area (Å²) in [6, 6.07) is 4.26. The number of halogens is 2. The summed E-state index contributed by atoms with van der Waals surface area (Å²) in [7, 11) is 0. The molecule has 0 bridgehead atoms. The van der Waals surface area contributed by atoms with Crippen molar-refractivity contribution < 1.29 is 9.18 Å². The molecule has 2 rings (SSSR count). The Morgan fingerprint density at radius 2 is 2.33 bits per heavy atom. The molecule has 18 heavy (non-hydrogen) atoms. The summed E-state index contributed by atoms with van der Waals surface area (Å²) in [6.07, 6.45) is 0. The van der Waals surface area contributed by atoms with Gasteiger partial charge in [-0.25, -0.2) is 9.37 Å². The normalized spacial score (nSPS) is 10.4. The number of thiazole rings is 1. The van der Waals surface area contributed by atoms with Crippen molar-refractivity contribution in [1.82, 2.24) is 10.3 Å². The van der Waals surface area contributed by atoms with Gasteiger partial charge in [-0.15, -0.1) is 11.3 Å². The fraction of sp³-hybridized carbons (Fsp3) is 0.167. The van der Waals surface area contributed by atoms with Crippen LogP contribution in [0.5, 0.6) is 0 Å². The van der Waals surface area contributed by atoms with Gasteiger partial charge in [0, 0.05) is 15.5 Å². The number of aromatic nitrogens is 1. The van der Waals surface area contributed by atoms with E-state index in [9.17, 15) is 9.18 Å². The van der Waals surface area contributed by atoms with Gasteiger partial charge in [-0.05, 0) is 25.1 Å². The fourth-order valence-electron chi connectivity index (χ4n) is 1.41. The summed E-state index contributed by atoms with van der Waals surface area (Å²) >= 11 is 4.67. The molecule has 0 aliphatic heterocycles. The quantitative estimate of drug-likeness (QED) is 0.939. The van der Waals surface area contributed by atoms with Crippen molar-refractivity contribution >= 4 is 33.2 Å². The third-order valence-electron chi connectivity index (χ3n) is 2.24. The van der Waals surface area contributed by atoms with Crippen LogP contribution in [0.15, 0.2) is 28.1 Å². The van der Waals surface area contributed by atoms with Gasteiger partial charge in [-0.1, -0.05) is 15.9 Å². The van der Waals surface area contributed by atoms with Crippen molar-refractivity contribution in [1.29, 1.82) is 0 Å². The molecule has 0 saturated carbocycles. The predicted molar refractivity (Wildman–Crippen MR) is 72.1 cm³/mol. The standard InChI is InChI=1S/C12H10BrFN2OS/c1-7-6-18-11(16-7)5-15-12(17)9-4-8(13)2-3-10(9)14/h2-4,6H,5H2,1H3,(H,15,17). The average molecular weight is 329 g/mol. The van der Waals surface area contributed by atoms with Gasteiger partial charge in [-0.3, -0.25) is 4.79 Å². The maximum absolute atomic E-state index is 13.5. The third kappa shape index (κ3) is 3.14. The zero-order chi connectivity index (χ0) is 13.1. The van der Waals surface area contributed by atoms with Gasteiger partial charge in [0.15, 0.2) is 0 Å². The summed E-state index contributed by atoms with van der Waals surface area (Å²) in [5.41, 5.74) is 0.940. The van der Waals surface area contributed by atoms with Gasteiger partial charge >= 0.3 is 0 Å². The summed E-state index contributed by atoms with van der Waals surface area (Å²) < 4.78 is 14.1. The Bertz CT molecular complexity index is 585. The molecule has 0 saturated heterocycles. The molecule has 1 aromatic carbocycles. The molecule has 0 unspecified atom stereocenters. The van der Waals surface area contributed by atoms with Crippen LogP contribution in [0, 0.1) is 12.7 Å². The number of benzene rings is 1. The summed E-state index contributed by atoms with van der Waals surface area (Å²) in [4.78, 5) is 16.0. The van der Waals surface area contributed by atoms with Gasteiger partial charge in [0.2, 0.25) is 0 Å². The van der Waals surface area contributed by atoms with E-state index >= 15 is 0 Å². The van der Waals surface area contributed by atoms with E-state index in [0.717, 1.165) is 10.7 Å². The van der Waals surface area contributed by atoms with Gasteiger partial charge in [-0.2, -0.15) is 0 Å². The van der Waals surface area contributed by atoms with Gasteiger partial charge in [0.05, 0.1) is 12.1 Å². The first-order valence-corrected chi connectivity index (χ1v) is 6.88. The topological polar surface area (TPSA) is 42.0 Å². The van der Waals surface area contributed by atoms with Crippen molar-refractivity contribution in [3.63, 3.8) is 0 Å². The van der Waals surface area contributed by atoms with Crippen LogP contribution in [-0.4, -0.2) is 10.9 Å². The molecule has 0 aliphatic rings. The van der Waals surface area contributed by atoms with Crippen LogP contribution in [0.3, 0.4) is 0 Å². The zero-order valence-corrected chi connectivity index (χ0v) is 11.9. The van der Waals surface area contributed by atoms with Gasteiger partial charge in [0.1, 0.15) is 10.8 Å². The maximum Gasteiger partial charge on any atom is 0.254 e. The fourth-order valence-corrected chi connectivity index (χ4v) is 2.48. The lowest BCUT2D eigenvalue weighted by atomic mass is 10.2. The average Bonchev–Trinajstić information content (AvgIpc) is 2.75. The lowest BCUT2D eigenvalue weighted by Crippen LogP contribution is -2.23. The SMILES string of the molecule is Cc1csc(CNC(=O)c2cc(Br)ccc2F)n1. The highest BCUT2D eigenvalue weighted by Gasteiger charge is 2.12.